The number of hydrogen-bond donors (Lipinski definition) is 1. The number of ether oxygens (including phenoxy) is 2. The Hall–Kier alpha value is -2.54. The van der Waals surface area contributed by atoms with Gasteiger partial charge >= 0.3 is 0 Å². The van der Waals surface area contributed by atoms with Crippen LogP contribution in [0.15, 0.2) is 53.0 Å². The molecule has 162 valence electrons. The Morgan fingerprint density at radius 2 is 1.63 bits per heavy atom. The highest BCUT2D eigenvalue weighted by Crippen LogP contribution is 2.18. The standard InChI is InChI=1S/C23H29BrN2O4/c1-5-16(2)25-23(28)17(3)26(14-18-6-10-20(29-4)11-7-18)22(27)15-30-21-12-8-19(24)9-13-21/h6-13,16-17H,5,14-15H2,1-4H3,(H,25,28)/t16-,17-/m1/s1. The molecule has 0 unspecified atom stereocenters. The van der Waals surface area contributed by atoms with Gasteiger partial charge < -0.3 is 19.7 Å². The van der Waals surface area contributed by atoms with Gasteiger partial charge in [0.15, 0.2) is 6.61 Å². The minimum Gasteiger partial charge on any atom is -0.497 e. The molecule has 6 nitrogen and oxygen atoms in total. The van der Waals surface area contributed by atoms with Gasteiger partial charge in [-0.25, -0.2) is 0 Å². The highest BCUT2D eigenvalue weighted by molar-refractivity contribution is 9.10. The summed E-state index contributed by atoms with van der Waals surface area (Å²) < 4.78 is 11.8. The number of nitrogens with one attached hydrogen (secondary N) is 1. The summed E-state index contributed by atoms with van der Waals surface area (Å²) in [6, 6.07) is 14.1. The molecule has 30 heavy (non-hydrogen) atoms. The molecule has 0 aliphatic heterocycles. The van der Waals surface area contributed by atoms with E-state index in [4.69, 9.17) is 9.47 Å². The number of hydrogen-bond acceptors (Lipinski definition) is 4. The van der Waals surface area contributed by atoms with E-state index >= 15 is 0 Å². The molecule has 0 heterocycles. The number of amides is 2. The second-order valence-corrected chi connectivity index (χ2v) is 8.02. The SMILES string of the molecule is CC[C@@H](C)NC(=O)[C@@H](C)N(Cc1ccc(OC)cc1)C(=O)COc1ccc(Br)cc1. The Labute approximate surface area is 186 Å². The van der Waals surface area contributed by atoms with E-state index in [-0.39, 0.29) is 24.5 Å². The predicted molar refractivity (Wildman–Crippen MR) is 121 cm³/mol. The van der Waals surface area contributed by atoms with Gasteiger partial charge in [0.2, 0.25) is 5.91 Å². The summed E-state index contributed by atoms with van der Waals surface area (Å²) in [5.41, 5.74) is 0.899. The first kappa shape index (κ1) is 23.7. The van der Waals surface area contributed by atoms with Crippen LogP contribution in [0.1, 0.15) is 32.8 Å². The summed E-state index contributed by atoms with van der Waals surface area (Å²) >= 11 is 3.37. The van der Waals surface area contributed by atoms with Gasteiger partial charge in [-0.15, -0.1) is 0 Å². The van der Waals surface area contributed by atoms with E-state index in [0.29, 0.717) is 12.3 Å². The summed E-state index contributed by atoms with van der Waals surface area (Å²) in [6.45, 7) is 5.82. The van der Waals surface area contributed by atoms with Gasteiger partial charge in [-0.2, -0.15) is 0 Å². The van der Waals surface area contributed by atoms with Crippen LogP contribution in [0, 0.1) is 0 Å². The minimum atomic E-state index is -0.637. The maximum atomic E-state index is 13.0. The van der Waals surface area contributed by atoms with E-state index in [9.17, 15) is 9.59 Å². The average molecular weight is 477 g/mol. The third-order valence-corrected chi connectivity index (χ3v) is 5.38. The molecule has 2 rings (SSSR count). The van der Waals surface area contributed by atoms with Crippen molar-refractivity contribution in [3.05, 3.63) is 58.6 Å². The molecule has 1 N–H and O–H groups in total. The van der Waals surface area contributed by atoms with E-state index in [2.05, 4.69) is 21.2 Å². The van der Waals surface area contributed by atoms with Crippen molar-refractivity contribution in [3.63, 3.8) is 0 Å². The summed E-state index contributed by atoms with van der Waals surface area (Å²) in [6.07, 6.45) is 0.817. The molecule has 2 aromatic rings. The fourth-order valence-corrected chi connectivity index (χ4v) is 3.00. The molecule has 0 aliphatic rings. The monoisotopic (exact) mass is 476 g/mol. The Morgan fingerprint density at radius 1 is 1.03 bits per heavy atom. The topological polar surface area (TPSA) is 67.9 Å². The largest absolute Gasteiger partial charge is 0.497 e. The van der Waals surface area contributed by atoms with E-state index < -0.39 is 6.04 Å². The number of rotatable bonds is 10. The van der Waals surface area contributed by atoms with Gasteiger partial charge in [-0.1, -0.05) is 35.0 Å². The Bertz CT molecular complexity index is 824. The first-order valence-corrected chi connectivity index (χ1v) is 10.7. The molecule has 0 aliphatic carbocycles. The molecule has 0 radical (unpaired) electrons. The lowest BCUT2D eigenvalue weighted by Crippen LogP contribution is -2.50. The third-order valence-electron chi connectivity index (χ3n) is 4.86. The summed E-state index contributed by atoms with van der Waals surface area (Å²) in [4.78, 5) is 27.2. The molecule has 0 spiro atoms. The molecule has 2 aromatic carbocycles. The van der Waals surface area contributed by atoms with Crippen molar-refractivity contribution in [3.8, 4) is 11.5 Å². The van der Waals surface area contributed by atoms with Crippen LogP contribution in [-0.2, 0) is 16.1 Å². The van der Waals surface area contributed by atoms with Crippen molar-refractivity contribution < 1.29 is 19.1 Å². The second-order valence-electron chi connectivity index (χ2n) is 7.11. The molecule has 0 fully saturated rings. The average Bonchev–Trinajstić information content (AvgIpc) is 2.76. The number of methoxy groups -OCH3 is 1. The summed E-state index contributed by atoms with van der Waals surface area (Å²) in [7, 11) is 1.60. The number of carbonyl (C=O) groups is 2. The lowest BCUT2D eigenvalue weighted by Gasteiger charge is -2.29. The van der Waals surface area contributed by atoms with Crippen molar-refractivity contribution in [1.82, 2.24) is 10.2 Å². The van der Waals surface area contributed by atoms with Gasteiger partial charge in [0.1, 0.15) is 17.5 Å². The van der Waals surface area contributed by atoms with E-state index in [0.717, 1.165) is 22.2 Å². The van der Waals surface area contributed by atoms with Crippen LogP contribution in [0.25, 0.3) is 0 Å². The molecular formula is C23H29BrN2O4. The van der Waals surface area contributed by atoms with Crippen molar-refractivity contribution >= 4 is 27.7 Å². The van der Waals surface area contributed by atoms with Gasteiger partial charge in [0.25, 0.3) is 5.91 Å². The predicted octanol–water partition coefficient (Wildman–Crippen LogP) is 4.17. The Morgan fingerprint density at radius 3 is 2.20 bits per heavy atom. The van der Waals surface area contributed by atoms with E-state index in [1.807, 2.05) is 50.2 Å². The van der Waals surface area contributed by atoms with Crippen molar-refractivity contribution in [1.29, 1.82) is 0 Å². The Balaban J connectivity index is 2.14. The fourth-order valence-electron chi connectivity index (χ4n) is 2.73. The van der Waals surface area contributed by atoms with Crippen LogP contribution in [0.5, 0.6) is 11.5 Å². The molecule has 0 saturated heterocycles. The van der Waals surface area contributed by atoms with Crippen LogP contribution in [0.3, 0.4) is 0 Å². The minimum absolute atomic E-state index is 0.0388. The molecule has 2 amide bonds. The van der Waals surface area contributed by atoms with Crippen molar-refractivity contribution in [2.45, 2.75) is 45.8 Å². The zero-order chi connectivity index (χ0) is 22.1. The number of benzene rings is 2. The second kappa shape index (κ2) is 11.6. The van der Waals surface area contributed by atoms with E-state index in [1.165, 1.54) is 0 Å². The molecular weight excluding hydrogens is 448 g/mol. The van der Waals surface area contributed by atoms with Crippen LogP contribution in [0.4, 0.5) is 0 Å². The lowest BCUT2D eigenvalue weighted by atomic mass is 10.1. The number of halogens is 1. The Kier molecular flexibility index (Phi) is 9.17. The molecule has 7 heteroatoms. The highest BCUT2D eigenvalue weighted by Gasteiger charge is 2.27. The van der Waals surface area contributed by atoms with Crippen molar-refractivity contribution in [2.24, 2.45) is 0 Å². The maximum Gasteiger partial charge on any atom is 0.261 e. The molecule has 2 atom stereocenters. The van der Waals surface area contributed by atoms with Crippen LogP contribution in [-0.4, -0.2) is 42.5 Å². The first-order chi connectivity index (χ1) is 14.3. The quantitative estimate of drug-likeness (QED) is 0.558. The summed E-state index contributed by atoms with van der Waals surface area (Å²) in [5.74, 6) is 0.876. The fraction of sp³-hybridized carbons (Fsp3) is 0.391. The van der Waals surface area contributed by atoms with E-state index in [1.54, 1.807) is 31.1 Å². The van der Waals surface area contributed by atoms with Crippen LogP contribution in [0.2, 0.25) is 0 Å². The lowest BCUT2D eigenvalue weighted by molar-refractivity contribution is -0.142. The molecule has 0 bridgehead atoms. The maximum absolute atomic E-state index is 13.0. The van der Waals surface area contributed by atoms with Gasteiger partial charge in [0, 0.05) is 17.1 Å². The van der Waals surface area contributed by atoms with Crippen LogP contribution >= 0.6 is 15.9 Å². The number of carbonyl (C=O) groups excluding carboxylic acids is 2. The van der Waals surface area contributed by atoms with Crippen LogP contribution < -0.4 is 14.8 Å². The molecule has 0 saturated carbocycles. The first-order valence-electron chi connectivity index (χ1n) is 9.95. The van der Waals surface area contributed by atoms with Gasteiger partial charge in [-0.05, 0) is 62.2 Å². The normalized spacial score (nSPS) is 12.6. The molecule has 0 aromatic heterocycles. The number of nitrogens with zero attached hydrogens (tertiary/aromatic N) is 1. The van der Waals surface area contributed by atoms with Crippen molar-refractivity contribution in [2.75, 3.05) is 13.7 Å². The zero-order valence-corrected chi connectivity index (χ0v) is 19.4. The zero-order valence-electron chi connectivity index (χ0n) is 17.9. The van der Waals surface area contributed by atoms with Gasteiger partial charge in [-0.3, -0.25) is 9.59 Å². The highest BCUT2D eigenvalue weighted by atomic mass is 79.9. The van der Waals surface area contributed by atoms with Gasteiger partial charge in [0.05, 0.1) is 7.11 Å². The smallest absolute Gasteiger partial charge is 0.261 e. The third kappa shape index (κ3) is 7.06. The summed E-state index contributed by atoms with van der Waals surface area (Å²) in [5, 5.41) is 2.95.